The second-order valence-corrected chi connectivity index (χ2v) is 3.68. The Morgan fingerprint density at radius 2 is 2.28 bits per heavy atom. The van der Waals surface area contributed by atoms with Gasteiger partial charge in [0, 0.05) is 5.56 Å². The van der Waals surface area contributed by atoms with Crippen molar-refractivity contribution in [3.05, 3.63) is 24.1 Å². The van der Waals surface area contributed by atoms with Gasteiger partial charge in [-0.25, -0.2) is 0 Å². The minimum absolute atomic E-state index is 0.0811. The fraction of sp³-hybridized carbons (Fsp3) is 0.333. The van der Waals surface area contributed by atoms with Crippen molar-refractivity contribution in [1.29, 1.82) is 0 Å². The summed E-state index contributed by atoms with van der Waals surface area (Å²) in [4.78, 5) is 4.25. The Balaban J connectivity index is 2.23. The summed E-state index contributed by atoms with van der Waals surface area (Å²) >= 11 is 0. The van der Waals surface area contributed by atoms with E-state index in [1.807, 2.05) is 6.92 Å². The van der Waals surface area contributed by atoms with Crippen LogP contribution in [-0.2, 0) is 6.54 Å². The number of phenolic OH excluding ortho intramolecular Hbond substituents is 1. The molecule has 0 aliphatic carbocycles. The highest BCUT2D eigenvalue weighted by Crippen LogP contribution is 2.30. The summed E-state index contributed by atoms with van der Waals surface area (Å²) in [6, 6.07) is 4.91. The van der Waals surface area contributed by atoms with Gasteiger partial charge in [-0.3, -0.25) is 0 Å². The number of phenols is 1. The van der Waals surface area contributed by atoms with Gasteiger partial charge in [0.25, 0.3) is 0 Å². The Kier molecular flexibility index (Phi) is 3.78. The van der Waals surface area contributed by atoms with Gasteiger partial charge in [-0.2, -0.15) is 4.98 Å². The van der Waals surface area contributed by atoms with Crippen LogP contribution in [-0.4, -0.2) is 28.9 Å². The van der Waals surface area contributed by atoms with E-state index in [9.17, 15) is 5.11 Å². The highest BCUT2D eigenvalue weighted by atomic mass is 16.5. The molecule has 0 radical (unpaired) electrons. The van der Waals surface area contributed by atoms with Crippen LogP contribution in [0.1, 0.15) is 12.8 Å². The van der Waals surface area contributed by atoms with E-state index in [1.54, 1.807) is 12.1 Å². The van der Waals surface area contributed by atoms with Crippen LogP contribution < -0.4 is 10.1 Å². The number of aromatic hydroxyl groups is 1. The van der Waals surface area contributed by atoms with E-state index < -0.39 is 0 Å². The van der Waals surface area contributed by atoms with Crippen LogP contribution in [0.5, 0.6) is 11.5 Å². The molecule has 0 atom stereocenters. The summed E-state index contributed by atoms with van der Waals surface area (Å²) < 4.78 is 10.1. The third-order valence-corrected chi connectivity index (χ3v) is 2.43. The van der Waals surface area contributed by atoms with E-state index in [0.717, 1.165) is 12.1 Å². The summed E-state index contributed by atoms with van der Waals surface area (Å²) in [7, 11) is 1.49. The Labute approximate surface area is 105 Å². The number of nitrogens with zero attached hydrogens (tertiary/aromatic N) is 2. The standard InChI is InChI=1S/C12H15N3O3/c1-3-13-7-11-14-12(15-18-11)8-4-5-9(16)10(6-8)17-2/h4-6,13,16H,3,7H2,1-2H3. The first-order chi connectivity index (χ1) is 8.74. The van der Waals surface area contributed by atoms with E-state index >= 15 is 0 Å². The molecule has 0 fully saturated rings. The molecule has 96 valence electrons. The van der Waals surface area contributed by atoms with E-state index in [-0.39, 0.29) is 5.75 Å². The molecule has 18 heavy (non-hydrogen) atoms. The largest absolute Gasteiger partial charge is 0.504 e. The number of hydrogen-bond donors (Lipinski definition) is 2. The van der Waals surface area contributed by atoms with Crippen molar-refractivity contribution >= 4 is 0 Å². The van der Waals surface area contributed by atoms with E-state index in [1.165, 1.54) is 13.2 Å². The van der Waals surface area contributed by atoms with Crippen molar-refractivity contribution in [3.8, 4) is 22.9 Å². The molecule has 0 aliphatic heterocycles. The maximum atomic E-state index is 9.50. The fourth-order valence-corrected chi connectivity index (χ4v) is 1.49. The van der Waals surface area contributed by atoms with Crippen molar-refractivity contribution in [2.45, 2.75) is 13.5 Å². The third-order valence-electron chi connectivity index (χ3n) is 2.43. The zero-order chi connectivity index (χ0) is 13.0. The summed E-state index contributed by atoms with van der Waals surface area (Å²) in [6.45, 7) is 3.38. The number of hydrogen-bond acceptors (Lipinski definition) is 6. The van der Waals surface area contributed by atoms with Gasteiger partial charge >= 0.3 is 0 Å². The van der Waals surface area contributed by atoms with Crippen LogP contribution in [0.25, 0.3) is 11.4 Å². The summed E-state index contributed by atoms with van der Waals surface area (Å²) in [6.07, 6.45) is 0. The average Bonchev–Trinajstić information content (AvgIpc) is 2.85. The average molecular weight is 249 g/mol. The lowest BCUT2D eigenvalue weighted by Crippen LogP contribution is -2.11. The molecule has 0 saturated heterocycles. The lowest BCUT2D eigenvalue weighted by Gasteiger charge is -2.03. The van der Waals surface area contributed by atoms with Crippen LogP contribution in [0.3, 0.4) is 0 Å². The lowest BCUT2D eigenvalue weighted by molar-refractivity contribution is 0.368. The molecule has 1 aromatic heterocycles. The zero-order valence-corrected chi connectivity index (χ0v) is 10.3. The van der Waals surface area contributed by atoms with Gasteiger partial charge in [0.2, 0.25) is 11.7 Å². The first kappa shape index (κ1) is 12.4. The van der Waals surface area contributed by atoms with E-state index in [0.29, 0.717) is 24.0 Å². The highest BCUT2D eigenvalue weighted by Gasteiger charge is 2.10. The van der Waals surface area contributed by atoms with Crippen LogP contribution in [0.15, 0.2) is 22.7 Å². The molecule has 1 aromatic carbocycles. The van der Waals surface area contributed by atoms with Crippen LogP contribution in [0.2, 0.25) is 0 Å². The lowest BCUT2D eigenvalue weighted by atomic mass is 10.2. The monoisotopic (exact) mass is 249 g/mol. The number of methoxy groups -OCH3 is 1. The SMILES string of the molecule is CCNCc1nc(-c2ccc(O)c(OC)c2)no1. The molecule has 2 N–H and O–H groups in total. The second kappa shape index (κ2) is 5.50. The first-order valence-electron chi connectivity index (χ1n) is 5.65. The maximum absolute atomic E-state index is 9.50. The predicted octanol–water partition coefficient (Wildman–Crippen LogP) is 1.56. The summed E-state index contributed by atoms with van der Waals surface area (Å²) in [5, 5.41) is 16.5. The molecule has 1 heterocycles. The van der Waals surface area contributed by atoms with Crippen molar-refractivity contribution < 1.29 is 14.4 Å². The molecule has 0 spiro atoms. The summed E-state index contributed by atoms with van der Waals surface area (Å²) in [5.74, 6) is 1.46. The van der Waals surface area contributed by atoms with E-state index in [4.69, 9.17) is 9.26 Å². The molecule has 6 nitrogen and oxygen atoms in total. The normalized spacial score (nSPS) is 10.6. The van der Waals surface area contributed by atoms with Gasteiger partial charge in [-0.1, -0.05) is 12.1 Å². The van der Waals surface area contributed by atoms with Gasteiger partial charge in [0.15, 0.2) is 11.5 Å². The van der Waals surface area contributed by atoms with Crippen LogP contribution >= 0.6 is 0 Å². The van der Waals surface area contributed by atoms with Gasteiger partial charge < -0.3 is 19.7 Å². The molecule has 0 saturated carbocycles. The van der Waals surface area contributed by atoms with Crippen molar-refractivity contribution in [2.24, 2.45) is 0 Å². The molecule has 2 rings (SSSR count). The zero-order valence-electron chi connectivity index (χ0n) is 10.3. The van der Waals surface area contributed by atoms with Gasteiger partial charge in [-0.05, 0) is 24.7 Å². The first-order valence-corrected chi connectivity index (χ1v) is 5.65. The fourth-order valence-electron chi connectivity index (χ4n) is 1.49. The summed E-state index contributed by atoms with van der Waals surface area (Å²) in [5.41, 5.74) is 0.733. The molecular formula is C12H15N3O3. The number of rotatable bonds is 5. The van der Waals surface area contributed by atoms with Gasteiger partial charge in [0.05, 0.1) is 13.7 Å². The Morgan fingerprint density at radius 1 is 1.44 bits per heavy atom. The number of aromatic nitrogens is 2. The molecule has 0 bridgehead atoms. The molecular weight excluding hydrogens is 234 g/mol. The van der Waals surface area contributed by atoms with Crippen molar-refractivity contribution in [3.63, 3.8) is 0 Å². The molecule has 0 amide bonds. The molecule has 6 heteroatoms. The van der Waals surface area contributed by atoms with Gasteiger partial charge in [-0.15, -0.1) is 0 Å². The highest BCUT2D eigenvalue weighted by molar-refractivity contribution is 5.60. The molecule has 0 unspecified atom stereocenters. The number of nitrogens with one attached hydrogen (secondary N) is 1. The Bertz CT molecular complexity index is 525. The Morgan fingerprint density at radius 3 is 3.00 bits per heavy atom. The smallest absolute Gasteiger partial charge is 0.240 e. The molecule has 0 aliphatic rings. The van der Waals surface area contributed by atoms with Crippen LogP contribution in [0.4, 0.5) is 0 Å². The van der Waals surface area contributed by atoms with Crippen molar-refractivity contribution in [1.82, 2.24) is 15.5 Å². The van der Waals surface area contributed by atoms with Crippen molar-refractivity contribution in [2.75, 3.05) is 13.7 Å². The minimum atomic E-state index is 0.0811. The molecule has 2 aromatic rings. The number of benzene rings is 1. The Hall–Kier alpha value is -2.08. The number of ether oxygens (including phenoxy) is 1. The van der Waals surface area contributed by atoms with E-state index in [2.05, 4.69) is 15.5 Å². The van der Waals surface area contributed by atoms with Crippen LogP contribution in [0, 0.1) is 0 Å². The second-order valence-electron chi connectivity index (χ2n) is 3.68. The minimum Gasteiger partial charge on any atom is -0.504 e. The van der Waals surface area contributed by atoms with Gasteiger partial charge in [0.1, 0.15) is 0 Å². The topological polar surface area (TPSA) is 80.4 Å². The predicted molar refractivity (Wildman–Crippen MR) is 65.3 cm³/mol. The quantitative estimate of drug-likeness (QED) is 0.837. The maximum Gasteiger partial charge on any atom is 0.240 e. The third kappa shape index (κ3) is 2.60.